The summed E-state index contributed by atoms with van der Waals surface area (Å²) in [6, 6.07) is 5.44. The number of rotatable bonds is 4. The summed E-state index contributed by atoms with van der Waals surface area (Å²) in [6.07, 6.45) is 8.40. The van der Waals surface area contributed by atoms with Crippen molar-refractivity contribution in [2.24, 2.45) is 7.05 Å². The number of aryl methyl sites for hydroxylation is 1. The van der Waals surface area contributed by atoms with Gasteiger partial charge in [-0.3, -0.25) is 4.79 Å². The Morgan fingerprint density at radius 1 is 1.26 bits per heavy atom. The number of amides is 1. The molecule has 1 saturated carbocycles. The molecule has 3 heterocycles. The number of aromatic nitrogens is 4. The van der Waals surface area contributed by atoms with Crippen LogP contribution in [0.15, 0.2) is 36.9 Å². The fourth-order valence-electron chi connectivity index (χ4n) is 3.35. The molecule has 8 heteroatoms. The van der Waals surface area contributed by atoms with E-state index in [4.69, 9.17) is 16.3 Å². The second-order valence-electron chi connectivity index (χ2n) is 6.78. The average Bonchev–Trinajstić information content (AvgIpc) is 3.05. The Bertz CT molecular complexity index is 966. The molecule has 3 aromatic rings. The summed E-state index contributed by atoms with van der Waals surface area (Å²) in [7, 11) is 1.88. The average molecular weight is 386 g/mol. The Balaban J connectivity index is 1.33. The number of carbonyl (C=O) groups excluding carboxylic acids is 1. The first kappa shape index (κ1) is 17.7. The summed E-state index contributed by atoms with van der Waals surface area (Å²) in [5.74, 6) is 0.355. The van der Waals surface area contributed by atoms with E-state index < -0.39 is 0 Å². The Morgan fingerprint density at radius 3 is 2.85 bits per heavy atom. The molecule has 0 saturated heterocycles. The van der Waals surface area contributed by atoms with Crippen molar-refractivity contribution in [3.8, 4) is 5.88 Å². The molecule has 7 nitrogen and oxygen atoms in total. The Kier molecular flexibility index (Phi) is 4.94. The minimum absolute atomic E-state index is 0.0667. The third-order valence-corrected chi connectivity index (χ3v) is 5.11. The molecule has 0 atom stereocenters. The van der Waals surface area contributed by atoms with E-state index in [0.717, 1.165) is 36.8 Å². The van der Waals surface area contributed by atoms with Gasteiger partial charge in [-0.25, -0.2) is 15.0 Å². The second kappa shape index (κ2) is 7.52. The van der Waals surface area contributed by atoms with Crippen LogP contribution in [0.2, 0.25) is 5.02 Å². The summed E-state index contributed by atoms with van der Waals surface area (Å²) < 4.78 is 7.72. The summed E-state index contributed by atoms with van der Waals surface area (Å²) in [5.41, 5.74) is 2.01. The molecule has 1 aliphatic rings. The molecule has 4 rings (SSSR count). The lowest BCUT2D eigenvalue weighted by Crippen LogP contribution is -2.39. The van der Waals surface area contributed by atoms with Crippen LogP contribution in [0, 0.1) is 0 Å². The lowest BCUT2D eigenvalue weighted by molar-refractivity contribution is 0.0890. The van der Waals surface area contributed by atoms with E-state index in [-0.39, 0.29) is 18.1 Å². The van der Waals surface area contributed by atoms with Gasteiger partial charge in [-0.15, -0.1) is 0 Å². The van der Waals surface area contributed by atoms with Gasteiger partial charge in [-0.05, 0) is 43.9 Å². The lowest BCUT2D eigenvalue weighted by Gasteiger charge is -2.29. The van der Waals surface area contributed by atoms with Crippen LogP contribution in [-0.2, 0) is 7.05 Å². The van der Waals surface area contributed by atoms with Crippen LogP contribution in [0.4, 0.5) is 0 Å². The van der Waals surface area contributed by atoms with Crippen molar-refractivity contribution in [2.45, 2.75) is 37.8 Å². The van der Waals surface area contributed by atoms with Gasteiger partial charge in [-0.2, -0.15) is 0 Å². The highest BCUT2D eigenvalue weighted by Crippen LogP contribution is 2.27. The number of nitrogens with zero attached hydrogens (tertiary/aromatic N) is 4. The van der Waals surface area contributed by atoms with Crippen molar-refractivity contribution < 1.29 is 9.53 Å². The van der Waals surface area contributed by atoms with Gasteiger partial charge in [0.2, 0.25) is 5.88 Å². The normalized spacial score (nSPS) is 19.8. The number of ether oxygens (including phenoxy) is 1. The van der Waals surface area contributed by atoms with Gasteiger partial charge in [-0.1, -0.05) is 11.6 Å². The van der Waals surface area contributed by atoms with Crippen molar-refractivity contribution in [1.29, 1.82) is 0 Å². The number of carbonyl (C=O) groups is 1. The monoisotopic (exact) mass is 385 g/mol. The standard InChI is InChI=1S/C19H20ClN5O2/c1-25-11-23-16-9-12(10-22-17(16)25)18(26)24-13-4-6-14(7-5-13)27-19-15(20)3-2-8-21-19/h2-3,8-11,13-14H,4-7H2,1H3,(H,24,26). The van der Waals surface area contributed by atoms with E-state index in [0.29, 0.717) is 16.5 Å². The molecule has 0 aromatic carbocycles. The van der Waals surface area contributed by atoms with Crippen molar-refractivity contribution >= 4 is 28.7 Å². The van der Waals surface area contributed by atoms with E-state index >= 15 is 0 Å². The number of hydrogen-bond donors (Lipinski definition) is 1. The van der Waals surface area contributed by atoms with Crippen LogP contribution >= 0.6 is 11.6 Å². The van der Waals surface area contributed by atoms with E-state index in [2.05, 4.69) is 20.3 Å². The Morgan fingerprint density at radius 2 is 2.07 bits per heavy atom. The first-order valence-electron chi connectivity index (χ1n) is 8.95. The number of fused-ring (bicyclic) bond motifs is 1. The van der Waals surface area contributed by atoms with E-state index in [1.807, 2.05) is 11.6 Å². The van der Waals surface area contributed by atoms with Crippen LogP contribution in [-0.4, -0.2) is 37.6 Å². The van der Waals surface area contributed by atoms with Crippen molar-refractivity contribution in [3.63, 3.8) is 0 Å². The van der Waals surface area contributed by atoms with E-state index in [1.165, 1.54) is 0 Å². The van der Waals surface area contributed by atoms with Gasteiger partial charge >= 0.3 is 0 Å². The van der Waals surface area contributed by atoms with Crippen molar-refractivity contribution in [3.05, 3.63) is 47.5 Å². The zero-order chi connectivity index (χ0) is 18.8. The predicted octanol–water partition coefficient (Wildman–Crippen LogP) is 3.14. The fraction of sp³-hybridized carbons (Fsp3) is 0.368. The van der Waals surface area contributed by atoms with E-state index in [9.17, 15) is 4.79 Å². The van der Waals surface area contributed by atoms with Crippen molar-refractivity contribution in [1.82, 2.24) is 24.8 Å². The molecule has 0 radical (unpaired) electrons. The summed E-state index contributed by atoms with van der Waals surface area (Å²) >= 11 is 6.09. The second-order valence-corrected chi connectivity index (χ2v) is 7.18. The first-order chi connectivity index (χ1) is 13.1. The number of hydrogen-bond acceptors (Lipinski definition) is 5. The van der Waals surface area contributed by atoms with Gasteiger partial charge in [0, 0.05) is 25.5 Å². The number of imidazole rings is 1. The Hall–Kier alpha value is -2.67. The van der Waals surface area contributed by atoms with Gasteiger partial charge in [0.05, 0.1) is 11.9 Å². The van der Waals surface area contributed by atoms with Gasteiger partial charge in [0.1, 0.15) is 16.6 Å². The molecule has 27 heavy (non-hydrogen) atoms. The molecule has 1 aliphatic carbocycles. The largest absolute Gasteiger partial charge is 0.473 e. The lowest BCUT2D eigenvalue weighted by atomic mass is 9.92. The highest BCUT2D eigenvalue weighted by Gasteiger charge is 2.25. The predicted molar refractivity (Wildman–Crippen MR) is 102 cm³/mol. The molecule has 1 amide bonds. The number of halogens is 1. The van der Waals surface area contributed by atoms with Crippen LogP contribution in [0.5, 0.6) is 5.88 Å². The molecular formula is C19H20ClN5O2. The maximum atomic E-state index is 12.5. The fourth-order valence-corrected chi connectivity index (χ4v) is 3.52. The SMILES string of the molecule is Cn1cnc2cc(C(=O)NC3CCC(Oc4ncccc4Cl)CC3)cnc21. The topological polar surface area (TPSA) is 81.9 Å². The molecule has 1 N–H and O–H groups in total. The van der Waals surface area contributed by atoms with Gasteiger partial charge < -0.3 is 14.6 Å². The van der Waals surface area contributed by atoms with E-state index in [1.54, 1.807) is 36.9 Å². The number of pyridine rings is 2. The highest BCUT2D eigenvalue weighted by molar-refractivity contribution is 6.31. The van der Waals surface area contributed by atoms with Crippen LogP contribution in [0.25, 0.3) is 11.2 Å². The van der Waals surface area contributed by atoms with Gasteiger partial charge in [0.25, 0.3) is 5.91 Å². The molecule has 0 spiro atoms. The Labute approximate surface area is 161 Å². The highest BCUT2D eigenvalue weighted by atomic mass is 35.5. The summed E-state index contributed by atoms with van der Waals surface area (Å²) in [5, 5.41) is 3.61. The maximum absolute atomic E-state index is 12.5. The van der Waals surface area contributed by atoms with Crippen LogP contribution in [0.1, 0.15) is 36.0 Å². The van der Waals surface area contributed by atoms with Crippen molar-refractivity contribution in [2.75, 3.05) is 0 Å². The quantitative estimate of drug-likeness (QED) is 0.746. The first-order valence-corrected chi connectivity index (χ1v) is 9.33. The molecular weight excluding hydrogens is 366 g/mol. The third kappa shape index (κ3) is 3.88. The minimum atomic E-state index is -0.118. The maximum Gasteiger partial charge on any atom is 0.253 e. The van der Waals surface area contributed by atoms with Crippen LogP contribution < -0.4 is 10.1 Å². The summed E-state index contributed by atoms with van der Waals surface area (Å²) in [6.45, 7) is 0. The number of nitrogens with one attached hydrogen (secondary N) is 1. The zero-order valence-corrected chi connectivity index (χ0v) is 15.7. The molecule has 3 aromatic heterocycles. The molecule has 140 valence electrons. The van der Waals surface area contributed by atoms with Crippen LogP contribution in [0.3, 0.4) is 0 Å². The molecule has 1 fully saturated rings. The van der Waals surface area contributed by atoms with Gasteiger partial charge in [0.15, 0.2) is 5.65 Å². The molecule has 0 unspecified atom stereocenters. The smallest absolute Gasteiger partial charge is 0.253 e. The zero-order valence-electron chi connectivity index (χ0n) is 14.9. The summed E-state index contributed by atoms with van der Waals surface area (Å²) in [4.78, 5) is 25.3. The molecule has 0 aliphatic heterocycles. The minimum Gasteiger partial charge on any atom is -0.473 e. The third-order valence-electron chi connectivity index (χ3n) is 4.83. The molecule has 0 bridgehead atoms.